The Morgan fingerprint density at radius 3 is 2.31 bits per heavy atom. The predicted molar refractivity (Wildman–Crippen MR) is 234 cm³/mol. The largest absolute Gasteiger partial charge is 0.462 e. The van der Waals surface area contributed by atoms with E-state index in [4.69, 9.17) is 33.3 Å². The Morgan fingerprint density at radius 1 is 0.969 bits per heavy atom. The number of nitrogens with one attached hydrogen (secondary N) is 2. The maximum absolute atomic E-state index is 14.9. The van der Waals surface area contributed by atoms with E-state index in [9.17, 15) is 33.9 Å². The number of esters is 4. The van der Waals surface area contributed by atoms with Crippen molar-refractivity contribution in [2.24, 2.45) is 10.8 Å². The molecule has 5 aliphatic rings. The second kappa shape index (κ2) is 21.0. The van der Waals surface area contributed by atoms with Gasteiger partial charge in [-0.3, -0.25) is 24.0 Å². The van der Waals surface area contributed by atoms with Crippen molar-refractivity contribution in [2.45, 2.75) is 186 Å². The molecular formula is C48H69N3O14. The third kappa shape index (κ3) is 11.6. The highest BCUT2D eigenvalue weighted by molar-refractivity contribution is 5.94. The molecule has 0 aromatic heterocycles. The minimum atomic E-state index is -1.51. The number of hydrogen-bond donors (Lipinski definition) is 3. The first-order chi connectivity index (χ1) is 30.8. The summed E-state index contributed by atoms with van der Waals surface area (Å²) in [5.74, 6) is -4.36. The highest BCUT2D eigenvalue weighted by Crippen LogP contribution is 2.58. The summed E-state index contributed by atoms with van der Waals surface area (Å²) in [6, 6.07) is 5.26. The van der Waals surface area contributed by atoms with Gasteiger partial charge in [-0.25, -0.2) is 9.59 Å². The molecule has 17 heteroatoms. The molecule has 1 aliphatic carbocycles. The van der Waals surface area contributed by atoms with E-state index in [0.29, 0.717) is 24.0 Å². The lowest BCUT2D eigenvalue weighted by atomic mass is 9.62. The Balaban J connectivity index is 1.23. The van der Waals surface area contributed by atoms with Gasteiger partial charge in [-0.2, -0.15) is 5.06 Å². The molecule has 17 nitrogen and oxygen atoms in total. The van der Waals surface area contributed by atoms with Crippen molar-refractivity contribution < 1.29 is 67.1 Å². The van der Waals surface area contributed by atoms with Gasteiger partial charge in [-0.05, 0) is 57.2 Å². The highest BCUT2D eigenvalue weighted by Gasteiger charge is 2.76. The molecule has 0 unspecified atom stereocenters. The molecule has 2 amide bonds. The van der Waals surface area contributed by atoms with E-state index >= 15 is 0 Å². The smallest absolute Gasteiger partial charge is 0.348 e. The summed E-state index contributed by atoms with van der Waals surface area (Å²) in [4.78, 5) is 86.7. The second-order valence-electron chi connectivity index (χ2n) is 19.7. The lowest BCUT2D eigenvalue weighted by molar-refractivity contribution is -0.224. The number of hydroxylamine groups is 2. The summed E-state index contributed by atoms with van der Waals surface area (Å²) in [7, 11) is 0. The van der Waals surface area contributed by atoms with Gasteiger partial charge >= 0.3 is 23.9 Å². The van der Waals surface area contributed by atoms with E-state index in [0.717, 1.165) is 38.5 Å². The number of nitrogens with zero attached hydrogens (tertiary/aromatic N) is 1. The monoisotopic (exact) mass is 911 g/mol. The van der Waals surface area contributed by atoms with Gasteiger partial charge in [0.15, 0.2) is 11.8 Å². The Morgan fingerprint density at radius 2 is 1.66 bits per heavy atom. The number of carbonyl (C=O) groups is 6. The molecule has 4 heterocycles. The molecule has 0 radical (unpaired) electrons. The average Bonchev–Trinajstić information content (AvgIpc) is 3.88. The van der Waals surface area contributed by atoms with Gasteiger partial charge in [-0.15, -0.1) is 0 Å². The topological polar surface area (TPSA) is 215 Å². The number of hydrogen-bond acceptors (Lipinski definition) is 15. The molecule has 360 valence electrons. The molecule has 0 spiro atoms. The molecule has 8 atom stereocenters. The summed E-state index contributed by atoms with van der Waals surface area (Å²) in [6.45, 7) is 12.7. The zero-order chi connectivity index (χ0) is 47.2. The normalized spacial score (nSPS) is 28.0. The number of unbranched alkanes of at least 4 members (excludes halogenated alkanes) is 4. The van der Waals surface area contributed by atoms with Gasteiger partial charge in [0.25, 0.3) is 0 Å². The molecule has 5 fully saturated rings. The molecule has 1 saturated carbocycles. The molecule has 6 rings (SSSR count). The van der Waals surface area contributed by atoms with Gasteiger partial charge in [-0.1, -0.05) is 77.6 Å². The predicted octanol–water partition coefficient (Wildman–Crippen LogP) is 4.74. The van der Waals surface area contributed by atoms with Crippen LogP contribution >= 0.6 is 0 Å². The van der Waals surface area contributed by atoms with Crippen LogP contribution in [0.1, 0.15) is 137 Å². The van der Waals surface area contributed by atoms with Crippen molar-refractivity contribution >= 4 is 41.8 Å². The van der Waals surface area contributed by atoms with Gasteiger partial charge in [0.2, 0.25) is 17.9 Å². The Hall–Kier alpha value is -4.42. The van der Waals surface area contributed by atoms with Crippen LogP contribution in [0.5, 0.6) is 0 Å². The van der Waals surface area contributed by atoms with Crippen LogP contribution in [0.4, 0.5) is 0 Å². The highest BCUT2D eigenvalue weighted by atomic mass is 16.8. The lowest BCUT2D eigenvalue weighted by Gasteiger charge is -2.48. The summed E-state index contributed by atoms with van der Waals surface area (Å²) >= 11 is 0. The zero-order valence-electron chi connectivity index (χ0n) is 39.0. The van der Waals surface area contributed by atoms with Crippen LogP contribution < -0.4 is 10.6 Å². The lowest BCUT2D eigenvalue weighted by Crippen LogP contribution is -2.69. The number of fused-ring (bicyclic) bond motifs is 4. The van der Waals surface area contributed by atoms with E-state index in [1.807, 2.05) is 6.07 Å². The Bertz CT molecular complexity index is 1920. The van der Waals surface area contributed by atoms with Crippen molar-refractivity contribution in [3.05, 3.63) is 41.5 Å². The summed E-state index contributed by atoms with van der Waals surface area (Å²) in [5, 5.41) is 17.1. The minimum absolute atomic E-state index is 0.00184. The second-order valence-corrected chi connectivity index (χ2v) is 19.7. The number of amides is 2. The zero-order valence-corrected chi connectivity index (χ0v) is 39.0. The van der Waals surface area contributed by atoms with E-state index in [2.05, 4.69) is 24.5 Å². The number of carbonyl (C=O) groups excluding carboxylic acids is 6. The fourth-order valence-corrected chi connectivity index (χ4v) is 9.60. The fraction of sp³-hybridized carbons (Fsp3) is 0.708. The molecule has 4 aliphatic heterocycles. The van der Waals surface area contributed by atoms with Crippen molar-refractivity contribution in [3.8, 4) is 0 Å². The van der Waals surface area contributed by atoms with Gasteiger partial charge in [0.1, 0.15) is 42.0 Å². The van der Waals surface area contributed by atoms with E-state index in [1.165, 1.54) is 11.1 Å². The van der Waals surface area contributed by atoms with Crippen LogP contribution in [0.25, 0.3) is 6.08 Å². The van der Waals surface area contributed by atoms with Crippen molar-refractivity contribution in [2.75, 3.05) is 19.8 Å². The Labute approximate surface area is 381 Å². The van der Waals surface area contributed by atoms with E-state index in [1.54, 1.807) is 58.9 Å². The molecule has 1 aromatic carbocycles. The summed E-state index contributed by atoms with van der Waals surface area (Å²) < 4.78 is 36.0. The number of ether oxygens (including phenoxy) is 6. The van der Waals surface area contributed by atoms with Crippen molar-refractivity contribution in [1.82, 2.24) is 15.7 Å². The number of benzene rings is 1. The minimum Gasteiger partial charge on any atom is -0.462 e. The molecular weight excluding hydrogens is 843 g/mol. The van der Waals surface area contributed by atoms with Crippen LogP contribution in [0.3, 0.4) is 0 Å². The SMILES string of the molecule is CCCCCC1(CCCCC)O[C@@H]2[C@H](O1)[C@H]1ON(Cc3ccccc3C=CC(=O)O[C@H]3C(=O)OCC3(C)C)[C@@H]3C(=O)O[C@@H]2C[C@]13C(=O)NCCC(=O)N[C@H](CO)CCC(=O)OC(C)(C)C. The van der Waals surface area contributed by atoms with Crippen LogP contribution in [-0.4, -0.2) is 120 Å². The van der Waals surface area contributed by atoms with Crippen molar-refractivity contribution in [1.29, 1.82) is 0 Å². The van der Waals surface area contributed by atoms with Crippen LogP contribution in [0, 0.1) is 10.8 Å². The first-order valence-corrected chi connectivity index (χ1v) is 23.4. The number of aliphatic hydroxyl groups is 1. The summed E-state index contributed by atoms with van der Waals surface area (Å²) in [5.41, 5.74) is -1.62. The fourth-order valence-electron chi connectivity index (χ4n) is 9.60. The maximum Gasteiger partial charge on any atom is 0.348 e. The van der Waals surface area contributed by atoms with Crippen LogP contribution in [-0.2, 0) is 68.6 Å². The van der Waals surface area contributed by atoms with Crippen LogP contribution in [0.15, 0.2) is 30.3 Å². The first kappa shape index (κ1) is 50.0. The van der Waals surface area contributed by atoms with Gasteiger partial charge < -0.3 is 44.2 Å². The Kier molecular flexibility index (Phi) is 16.2. The molecule has 4 saturated heterocycles. The van der Waals surface area contributed by atoms with Gasteiger partial charge in [0.05, 0.1) is 19.2 Å². The van der Waals surface area contributed by atoms with E-state index in [-0.39, 0.29) is 45.4 Å². The molecule has 1 aromatic rings. The maximum atomic E-state index is 14.9. The van der Waals surface area contributed by atoms with Crippen molar-refractivity contribution in [3.63, 3.8) is 0 Å². The standard InChI is InChI=1S/C48H69N3O14/c1-8-10-14-23-47(24-15-11-9-2)63-37-33-26-48(44(58)49-25-22-34(53)50-32(28-52)19-21-36(55)62-45(3,4)5)39(42(56)60-33)51(65-40(48)38(37)64-47)27-31-17-13-12-16-30(31)18-20-35(54)61-41-43(57)59-29-46(41,6)7/h12-13,16-18,20,32-33,37-41,52H,8-11,14-15,19,21-29H2,1-7H3,(H,49,58)(H,50,53)/t32-,33+,37-,38-,39+,40+,41-,48+/m0/s1. The van der Waals surface area contributed by atoms with E-state index < -0.39 is 107 Å². The van der Waals surface area contributed by atoms with Crippen LogP contribution in [0.2, 0.25) is 0 Å². The quantitative estimate of drug-likeness (QED) is 0.0620. The molecule has 65 heavy (non-hydrogen) atoms. The average molecular weight is 912 g/mol. The number of aliphatic hydroxyl groups excluding tert-OH is 1. The van der Waals surface area contributed by atoms with Gasteiger partial charge in [0, 0.05) is 50.1 Å². The first-order valence-electron chi connectivity index (χ1n) is 23.4. The third-order valence-corrected chi connectivity index (χ3v) is 12.9. The third-order valence-electron chi connectivity index (χ3n) is 12.9. The number of cyclic esters (lactones) is 1. The molecule has 3 N–H and O–H groups in total. The summed E-state index contributed by atoms with van der Waals surface area (Å²) in [6.07, 6.45) is 5.48. The number of rotatable bonds is 22. The molecule has 2 bridgehead atoms.